The Morgan fingerprint density at radius 1 is 1.39 bits per heavy atom. The summed E-state index contributed by atoms with van der Waals surface area (Å²) in [6.07, 6.45) is 1.89. The van der Waals surface area contributed by atoms with E-state index in [1.807, 2.05) is 30.3 Å². The molecule has 1 heterocycles. The zero-order valence-corrected chi connectivity index (χ0v) is 11.1. The number of nitrogens with zero attached hydrogens (tertiary/aromatic N) is 1. The molecule has 1 saturated heterocycles. The molecule has 1 aliphatic heterocycles. The lowest BCUT2D eigenvalue weighted by molar-refractivity contribution is 0.0813. The van der Waals surface area contributed by atoms with Gasteiger partial charge >= 0.3 is 6.09 Å². The summed E-state index contributed by atoms with van der Waals surface area (Å²) in [5.41, 5.74) is 1.01. The van der Waals surface area contributed by atoms with Gasteiger partial charge in [-0.25, -0.2) is 4.79 Å². The van der Waals surface area contributed by atoms with Gasteiger partial charge in [-0.1, -0.05) is 30.3 Å². The molecule has 0 aromatic heterocycles. The standard InChI is InChI=1S/C14H18ClNO2/c15-9-13-7-4-8-16(10-13)14(17)18-11-12-5-2-1-3-6-12/h1-3,5-6,13H,4,7-11H2/t13-/m1/s1. The van der Waals surface area contributed by atoms with Crippen molar-refractivity contribution >= 4 is 17.7 Å². The molecular weight excluding hydrogens is 250 g/mol. The van der Waals surface area contributed by atoms with Crippen LogP contribution >= 0.6 is 11.6 Å². The molecular formula is C14H18ClNO2. The van der Waals surface area contributed by atoms with Crippen molar-refractivity contribution in [1.29, 1.82) is 0 Å². The first-order valence-electron chi connectivity index (χ1n) is 6.31. The minimum absolute atomic E-state index is 0.228. The Hall–Kier alpha value is -1.22. The van der Waals surface area contributed by atoms with Crippen LogP contribution < -0.4 is 0 Å². The molecule has 3 nitrogen and oxygen atoms in total. The van der Waals surface area contributed by atoms with Crippen molar-refractivity contribution in [2.45, 2.75) is 19.4 Å². The molecule has 18 heavy (non-hydrogen) atoms. The first kappa shape index (κ1) is 13.2. The highest BCUT2D eigenvalue weighted by Gasteiger charge is 2.23. The number of hydrogen-bond donors (Lipinski definition) is 0. The Labute approximate surface area is 113 Å². The molecule has 2 rings (SSSR count). The molecule has 0 spiro atoms. The molecule has 0 unspecified atom stereocenters. The molecule has 1 fully saturated rings. The van der Waals surface area contributed by atoms with Gasteiger partial charge in [-0.3, -0.25) is 0 Å². The van der Waals surface area contributed by atoms with Gasteiger partial charge in [0.25, 0.3) is 0 Å². The smallest absolute Gasteiger partial charge is 0.410 e. The zero-order valence-electron chi connectivity index (χ0n) is 10.3. The molecule has 1 aromatic rings. The van der Waals surface area contributed by atoms with E-state index in [2.05, 4.69) is 0 Å². The summed E-state index contributed by atoms with van der Waals surface area (Å²) >= 11 is 5.84. The number of rotatable bonds is 3. The van der Waals surface area contributed by atoms with Crippen LogP contribution in [0, 0.1) is 5.92 Å². The van der Waals surface area contributed by atoms with Crippen LogP contribution in [0.3, 0.4) is 0 Å². The fourth-order valence-corrected chi connectivity index (χ4v) is 2.42. The monoisotopic (exact) mass is 267 g/mol. The van der Waals surface area contributed by atoms with E-state index in [9.17, 15) is 4.79 Å². The van der Waals surface area contributed by atoms with Gasteiger partial charge < -0.3 is 9.64 Å². The van der Waals surface area contributed by atoms with Gasteiger partial charge in [0.2, 0.25) is 0 Å². The van der Waals surface area contributed by atoms with E-state index in [0.717, 1.165) is 31.5 Å². The van der Waals surface area contributed by atoms with Gasteiger partial charge in [-0.2, -0.15) is 0 Å². The molecule has 1 aliphatic rings. The van der Waals surface area contributed by atoms with Crippen molar-refractivity contribution in [3.8, 4) is 0 Å². The quantitative estimate of drug-likeness (QED) is 0.787. The maximum Gasteiger partial charge on any atom is 0.410 e. The van der Waals surface area contributed by atoms with Crippen LogP contribution in [0.1, 0.15) is 18.4 Å². The van der Waals surface area contributed by atoms with Crippen molar-refractivity contribution in [1.82, 2.24) is 4.90 Å². The van der Waals surface area contributed by atoms with E-state index >= 15 is 0 Å². The summed E-state index contributed by atoms with van der Waals surface area (Å²) in [5, 5.41) is 0. The fourth-order valence-electron chi connectivity index (χ4n) is 2.17. The van der Waals surface area contributed by atoms with Crippen molar-refractivity contribution in [2.24, 2.45) is 5.92 Å². The Morgan fingerprint density at radius 3 is 2.89 bits per heavy atom. The predicted molar refractivity (Wildman–Crippen MR) is 71.6 cm³/mol. The minimum Gasteiger partial charge on any atom is -0.445 e. The summed E-state index contributed by atoms with van der Waals surface area (Å²) in [5.74, 6) is 1.02. The number of alkyl halides is 1. The van der Waals surface area contributed by atoms with Crippen LogP contribution in [0.25, 0.3) is 0 Å². The molecule has 1 aromatic carbocycles. The number of ether oxygens (including phenoxy) is 1. The van der Waals surface area contributed by atoms with Gasteiger partial charge in [-0.05, 0) is 24.3 Å². The zero-order chi connectivity index (χ0) is 12.8. The molecule has 1 amide bonds. The summed E-state index contributed by atoms with van der Waals surface area (Å²) < 4.78 is 5.30. The van der Waals surface area contributed by atoms with Gasteiger partial charge in [0.05, 0.1) is 0 Å². The molecule has 0 saturated carbocycles. The van der Waals surface area contributed by atoms with Gasteiger partial charge in [0.1, 0.15) is 6.61 Å². The second kappa shape index (κ2) is 6.64. The highest BCUT2D eigenvalue weighted by molar-refractivity contribution is 6.18. The maximum atomic E-state index is 11.9. The largest absolute Gasteiger partial charge is 0.445 e. The van der Waals surface area contributed by atoms with Crippen molar-refractivity contribution in [2.75, 3.05) is 19.0 Å². The highest BCUT2D eigenvalue weighted by atomic mass is 35.5. The van der Waals surface area contributed by atoms with E-state index in [-0.39, 0.29) is 6.09 Å². The second-order valence-electron chi connectivity index (χ2n) is 4.65. The average Bonchev–Trinajstić information content (AvgIpc) is 2.46. The number of amides is 1. The summed E-state index contributed by atoms with van der Waals surface area (Å²) in [7, 11) is 0. The Bertz CT molecular complexity index is 383. The van der Waals surface area contributed by atoms with Crippen LogP contribution in [-0.2, 0) is 11.3 Å². The molecule has 4 heteroatoms. The number of benzene rings is 1. The van der Waals surface area contributed by atoms with Crippen molar-refractivity contribution in [3.63, 3.8) is 0 Å². The van der Waals surface area contributed by atoms with E-state index in [1.165, 1.54) is 0 Å². The summed E-state index contributed by atoms with van der Waals surface area (Å²) in [6, 6.07) is 9.72. The van der Waals surface area contributed by atoms with Gasteiger partial charge in [0.15, 0.2) is 0 Å². The lowest BCUT2D eigenvalue weighted by Gasteiger charge is -2.30. The Balaban J connectivity index is 1.81. The SMILES string of the molecule is O=C(OCc1ccccc1)N1CCC[C@H](CCl)C1. The van der Waals surface area contributed by atoms with Gasteiger partial charge in [-0.15, -0.1) is 11.6 Å². The molecule has 0 bridgehead atoms. The van der Waals surface area contributed by atoms with E-state index in [0.29, 0.717) is 18.4 Å². The predicted octanol–water partition coefficient (Wildman–Crippen LogP) is 3.27. The van der Waals surface area contributed by atoms with Gasteiger partial charge in [0, 0.05) is 19.0 Å². The Morgan fingerprint density at radius 2 is 2.17 bits per heavy atom. The number of hydrogen-bond acceptors (Lipinski definition) is 2. The van der Waals surface area contributed by atoms with Crippen LogP contribution in [-0.4, -0.2) is 30.0 Å². The second-order valence-corrected chi connectivity index (χ2v) is 4.96. The van der Waals surface area contributed by atoms with E-state index in [1.54, 1.807) is 4.90 Å². The summed E-state index contributed by atoms with van der Waals surface area (Å²) in [6.45, 7) is 1.83. The Kier molecular flexibility index (Phi) is 4.88. The molecule has 0 radical (unpaired) electrons. The lowest BCUT2D eigenvalue weighted by atomic mass is 10.0. The first-order chi connectivity index (χ1) is 8.79. The van der Waals surface area contributed by atoms with E-state index < -0.39 is 0 Å². The summed E-state index contributed by atoms with van der Waals surface area (Å²) in [4.78, 5) is 13.7. The highest BCUT2D eigenvalue weighted by Crippen LogP contribution is 2.18. The number of carbonyl (C=O) groups excluding carboxylic acids is 1. The normalized spacial score (nSPS) is 19.6. The number of piperidine rings is 1. The molecule has 98 valence electrons. The van der Waals surface area contributed by atoms with Crippen LogP contribution in [0.4, 0.5) is 4.79 Å². The van der Waals surface area contributed by atoms with Crippen LogP contribution in [0.2, 0.25) is 0 Å². The van der Waals surface area contributed by atoms with Crippen LogP contribution in [0.15, 0.2) is 30.3 Å². The number of carbonyl (C=O) groups is 1. The maximum absolute atomic E-state index is 11.9. The number of likely N-dealkylation sites (tertiary alicyclic amines) is 1. The minimum atomic E-state index is -0.228. The van der Waals surface area contributed by atoms with Crippen molar-refractivity contribution in [3.05, 3.63) is 35.9 Å². The third-order valence-electron chi connectivity index (χ3n) is 3.20. The lowest BCUT2D eigenvalue weighted by Crippen LogP contribution is -2.40. The molecule has 1 atom stereocenters. The number of halogens is 1. The van der Waals surface area contributed by atoms with Crippen molar-refractivity contribution < 1.29 is 9.53 Å². The fraction of sp³-hybridized carbons (Fsp3) is 0.500. The van der Waals surface area contributed by atoms with E-state index in [4.69, 9.17) is 16.3 Å². The molecule has 0 N–H and O–H groups in total. The third-order valence-corrected chi connectivity index (χ3v) is 3.64. The van der Waals surface area contributed by atoms with Crippen LogP contribution in [0.5, 0.6) is 0 Å². The molecule has 0 aliphatic carbocycles. The average molecular weight is 268 g/mol. The topological polar surface area (TPSA) is 29.5 Å². The first-order valence-corrected chi connectivity index (χ1v) is 6.84. The third kappa shape index (κ3) is 3.64.